The first kappa shape index (κ1) is 8.80. The zero-order valence-corrected chi connectivity index (χ0v) is 8.07. The van der Waals surface area contributed by atoms with E-state index >= 15 is 0 Å². The molecule has 2 N–H and O–H groups in total. The molecule has 0 atom stereocenters. The standard InChI is InChI=1S/C9H13N5/c1-2-14-4-3-9(13-14)11-6-8-5-10-7-12-8/h3-5,7H,2,6H2,1H3,(H,10,12)(H,11,13). The van der Waals surface area contributed by atoms with Gasteiger partial charge in [0.1, 0.15) is 5.82 Å². The molecular weight excluding hydrogens is 178 g/mol. The molecule has 0 saturated carbocycles. The highest BCUT2D eigenvalue weighted by atomic mass is 15.3. The van der Waals surface area contributed by atoms with Gasteiger partial charge < -0.3 is 10.3 Å². The molecule has 0 bridgehead atoms. The molecule has 0 radical (unpaired) electrons. The maximum atomic E-state index is 4.30. The van der Waals surface area contributed by atoms with Crippen LogP contribution in [0, 0.1) is 0 Å². The van der Waals surface area contributed by atoms with E-state index in [9.17, 15) is 0 Å². The summed E-state index contributed by atoms with van der Waals surface area (Å²) in [4.78, 5) is 6.95. The van der Waals surface area contributed by atoms with E-state index in [0.717, 1.165) is 24.6 Å². The van der Waals surface area contributed by atoms with Gasteiger partial charge in [-0.25, -0.2) is 4.98 Å². The van der Waals surface area contributed by atoms with Gasteiger partial charge in [0.05, 0.1) is 18.6 Å². The minimum Gasteiger partial charge on any atom is -0.363 e. The van der Waals surface area contributed by atoms with Gasteiger partial charge in [-0.2, -0.15) is 5.10 Å². The highest BCUT2D eigenvalue weighted by Crippen LogP contribution is 2.03. The number of aryl methyl sites for hydroxylation is 1. The first-order chi connectivity index (χ1) is 6.88. The molecule has 2 heterocycles. The Bertz CT molecular complexity index is 376. The predicted octanol–water partition coefficient (Wildman–Crippen LogP) is 1.24. The van der Waals surface area contributed by atoms with Crippen LogP contribution in [0.25, 0.3) is 0 Å². The number of hydrogen-bond donors (Lipinski definition) is 2. The molecule has 5 nitrogen and oxygen atoms in total. The molecule has 2 rings (SSSR count). The van der Waals surface area contributed by atoms with Crippen molar-refractivity contribution in [1.29, 1.82) is 0 Å². The summed E-state index contributed by atoms with van der Waals surface area (Å²) in [5.74, 6) is 0.890. The van der Waals surface area contributed by atoms with Crippen molar-refractivity contribution in [2.24, 2.45) is 0 Å². The number of imidazole rings is 1. The van der Waals surface area contributed by atoms with Crippen LogP contribution < -0.4 is 5.32 Å². The monoisotopic (exact) mass is 191 g/mol. The average Bonchev–Trinajstić information content (AvgIpc) is 2.86. The second kappa shape index (κ2) is 3.95. The van der Waals surface area contributed by atoms with Crippen molar-refractivity contribution in [3.63, 3.8) is 0 Å². The van der Waals surface area contributed by atoms with Gasteiger partial charge in [-0.05, 0) is 6.92 Å². The topological polar surface area (TPSA) is 58.5 Å². The number of hydrogen-bond acceptors (Lipinski definition) is 3. The van der Waals surface area contributed by atoms with E-state index < -0.39 is 0 Å². The van der Waals surface area contributed by atoms with Gasteiger partial charge in [-0.1, -0.05) is 0 Å². The first-order valence-electron chi connectivity index (χ1n) is 4.63. The summed E-state index contributed by atoms with van der Waals surface area (Å²) in [6.45, 7) is 3.68. The molecule has 0 amide bonds. The Labute approximate surface area is 82.2 Å². The Morgan fingerprint density at radius 1 is 1.57 bits per heavy atom. The lowest BCUT2D eigenvalue weighted by atomic mass is 10.4. The summed E-state index contributed by atoms with van der Waals surface area (Å²) in [7, 11) is 0. The lowest BCUT2D eigenvalue weighted by molar-refractivity contribution is 0.661. The molecule has 2 aromatic heterocycles. The summed E-state index contributed by atoms with van der Waals surface area (Å²) in [5.41, 5.74) is 1.05. The number of rotatable bonds is 4. The minimum atomic E-state index is 0.723. The van der Waals surface area contributed by atoms with E-state index in [-0.39, 0.29) is 0 Å². The van der Waals surface area contributed by atoms with E-state index in [1.165, 1.54) is 0 Å². The van der Waals surface area contributed by atoms with Crippen molar-refractivity contribution in [2.45, 2.75) is 20.0 Å². The third-order valence-electron chi connectivity index (χ3n) is 1.98. The fourth-order valence-electron chi connectivity index (χ4n) is 1.20. The van der Waals surface area contributed by atoms with Crippen LogP contribution in [0.1, 0.15) is 12.6 Å². The number of aromatic amines is 1. The molecule has 0 aliphatic carbocycles. The summed E-state index contributed by atoms with van der Waals surface area (Å²) in [6.07, 6.45) is 5.42. The number of H-pyrrole nitrogens is 1. The number of nitrogens with one attached hydrogen (secondary N) is 2. The van der Waals surface area contributed by atoms with Gasteiger partial charge in [0.2, 0.25) is 0 Å². The van der Waals surface area contributed by atoms with Crippen LogP contribution in [0.5, 0.6) is 0 Å². The molecular formula is C9H13N5. The van der Waals surface area contributed by atoms with Crippen LogP contribution in [0.15, 0.2) is 24.8 Å². The number of anilines is 1. The van der Waals surface area contributed by atoms with Crippen LogP contribution in [0.4, 0.5) is 5.82 Å². The molecule has 0 unspecified atom stereocenters. The first-order valence-corrected chi connectivity index (χ1v) is 4.63. The molecule has 0 fully saturated rings. The lowest BCUT2D eigenvalue weighted by Gasteiger charge is -1.99. The Hall–Kier alpha value is -1.78. The molecule has 2 aromatic rings. The normalized spacial score (nSPS) is 10.4. The van der Waals surface area contributed by atoms with E-state index in [1.54, 1.807) is 12.5 Å². The lowest BCUT2D eigenvalue weighted by Crippen LogP contribution is -2.01. The van der Waals surface area contributed by atoms with Crippen LogP contribution in [-0.2, 0) is 13.1 Å². The molecule has 5 heteroatoms. The Balaban J connectivity index is 1.92. The Kier molecular flexibility index (Phi) is 2.48. The minimum absolute atomic E-state index is 0.723. The highest BCUT2D eigenvalue weighted by Gasteiger charge is 1.97. The largest absolute Gasteiger partial charge is 0.363 e. The second-order valence-electron chi connectivity index (χ2n) is 2.99. The molecule has 14 heavy (non-hydrogen) atoms. The van der Waals surface area contributed by atoms with E-state index in [4.69, 9.17) is 0 Å². The predicted molar refractivity (Wildman–Crippen MR) is 53.8 cm³/mol. The fourth-order valence-corrected chi connectivity index (χ4v) is 1.20. The summed E-state index contributed by atoms with van der Waals surface area (Å²) >= 11 is 0. The number of nitrogens with zero attached hydrogens (tertiary/aromatic N) is 3. The van der Waals surface area contributed by atoms with Gasteiger partial charge >= 0.3 is 0 Å². The highest BCUT2D eigenvalue weighted by molar-refractivity contribution is 5.32. The quantitative estimate of drug-likeness (QED) is 0.764. The zero-order valence-electron chi connectivity index (χ0n) is 8.07. The molecule has 0 saturated heterocycles. The molecule has 0 spiro atoms. The van der Waals surface area contributed by atoms with Gasteiger partial charge in [0.25, 0.3) is 0 Å². The van der Waals surface area contributed by atoms with E-state index in [0.29, 0.717) is 0 Å². The van der Waals surface area contributed by atoms with Crippen molar-refractivity contribution in [2.75, 3.05) is 5.32 Å². The second-order valence-corrected chi connectivity index (χ2v) is 2.99. The molecule has 0 aliphatic rings. The van der Waals surface area contributed by atoms with Crippen molar-refractivity contribution in [3.8, 4) is 0 Å². The van der Waals surface area contributed by atoms with Gasteiger partial charge in [-0.15, -0.1) is 0 Å². The van der Waals surface area contributed by atoms with Crippen LogP contribution in [0.3, 0.4) is 0 Å². The Morgan fingerprint density at radius 2 is 2.50 bits per heavy atom. The van der Waals surface area contributed by atoms with E-state index in [1.807, 2.05) is 16.9 Å². The van der Waals surface area contributed by atoms with Crippen LogP contribution in [0.2, 0.25) is 0 Å². The van der Waals surface area contributed by atoms with Gasteiger partial charge in [0.15, 0.2) is 0 Å². The molecule has 0 aromatic carbocycles. The van der Waals surface area contributed by atoms with Crippen molar-refractivity contribution in [3.05, 3.63) is 30.5 Å². The Morgan fingerprint density at radius 3 is 3.14 bits per heavy atom. The molecule has 0 aliphatic heterocycles. The maximum absolute atomic E-state index is 4.30. The van der Waals surface area contributed by atoms with Crippen molar-refractivity contribution in [1.82, 2.24) is 19.7 Å². The summed E-state index contributed by atoms with van der Waals surface area (Å²) < 4.78 is 1.88. The van der Waals surface area contributed by atoms with Gasteiger partial charge in [0, 0.05) is 25.0 Å². The summed E-state index contributed by atoms with van der Waals surface area (Å²) in [6, 6.07) is 1.96. The SMILES string of the molecule is CCn1ccc(NCc2cnc[nH]2)n1. The zero-order chi connectivity index (χ0) is 9.80. The van der Waals surface area contributed by atoms with Crippen LogP contribution in [-0.4, -0.2) is 19.7 Å². The smallest absolute Gasteiger partial charge is 0.148 e. The average molecular weight is 191 g/mol. The third-order valence-corrected chi connectivity index (χ3v) is 1.98. The maximum Gasteiger partial charge on any atom is 0.148 e. The van der Waals surface area contributed by atoms with Crippen molar-refractivity contribution < 1.29 is 0 Å². The number of aromatic nitrogens is 4. The fraction of sp³-hybridized carbons (Fsp3) is 0.333. The third kappa shape index (κ3) is 1.93. The molecule has 74 valence electrons. The van der Waals surface area contributed by atoms with Crippen LogP contribution >= 0.6 is 0 Å². The van der Waals surface area contributed by atoms with Crippen molar-refractivity contribution >= 4 is 5.82 Å². The van der Waals surface area contributed by atoms with E-state index in [2.05, 4.69) is 27.3 Å². The van der Waals surface area contributed by atoms with Gasteiger partial charge in [-0.3, -0.25) is 4.68 Å². The summed E-state index contributed by atoms with van der Waals surface area (Å²) in [5, 5.41) is 7.50.